The summed E-state index contributed by atoms with van der Waals surface area (Å²) >= 11 is 0. The normalized spacial score (nSPS) is 11.8. The zero-order valence-electron chi connectivity index (χ0n) is 21.0. The van der Waals surface area contributed by atoms with Crippen molar-refractivity contribution < 1.29 is 27.1 Å². The first-order valence-electron chi connectivity index (χ1n) is 12.5. The highest BCUT2D eigenvalue weighted by Crippen LogP contribution is 2.33. The third kappa shape index (κ3) is 6.41. The molecule has 7 heteroatoms. The molecule has 0 amide bonds. The number of hydrogen-bond acceptors (Lipinski definition) is 4. The number of carbonyl (C=O) groups excluding carboxylic acids is 1. The van der Waals surface area contributed by atoms with Crippen LogP contribution in [0.2, 0.25) is 0 Å². The molecule has 4 rings (SSSR count). The summed E-state index contributed by atoms with van der Waals surface area (Å²) in [5.41, 5.74) is 1.01. The van der Waals surface area contributed by atoms with Crippen molar-refractivity contribution in [3.63, 3.8) is 0 Å². The number of hydrogen-bond donors (Lipinski definition) is 0. The van der Waals surface area contributed by atoms with Crippen LogP contribution < -0.4 is 4.74 Å². The van der Waals surface area contributed by atoms with Gasteiger partial charge in [0.05, 0.1) is 17.7 Å². The fourth-order valence-corrected chi connectivity index (χ4v) is 4.38. The zero-order chi connectivity index (χ0) is 26.4. The van der Waals surface area contributed by atoms with Crippen molar-refractivity contribution in [2.45, 2.75) is 32.9 Å². The second-order valence-corrected chi connectivity index (χ2v) is 8.85. The number of rotatable bonds is 11. The van der Waals surface area contributed by atoms with Gasteiger partial charge in [0.25, 0.3) is 0 Å². The van der Waals surface area contributed by atoms with E-state index in [4.69, 9.17) is 9.15 Å². The van der Waals surface area contributed by atoms with Crippen molar-refractivity contribution in [3.05, 3.63) is 101 Å². The van der Waals surface area contributed by atoms with Gasteiger partial charge in [-0.1, -0.05) is 50.2 Å². The standard InChI is InChI=1S/C30H30F3NO3/c1-3-34(4-2)17-8-18-36-24-15-13-22(14-16-24)29(35)28-25-11-5-6-12-26(25)37-27(28)20-21-9-7-10-23(19-21)30(31,32)33/h5-7,9-16,19H,3-4,8,17-18,20H2,1-2H3. The zero-order valence-corrected chi connectivity index (χ0v) is 21.0. The van der Waals surface area contributed by atoms with E-state index >= 15 is 0 Å². The lowest BCUT2D eigenvalue weighted by Crippen LogP contribution is -2.25. The van der Waals surface area contributed by atoms with Crippen LogP contribution in [0.3, 0.4) is 0 Å². The second-order valence-electron chi connectivity index (χ2n) is 8.85. The number of para-hydroxylation sites is 1. The molecule has 0 saturated heterocycles. The quantitative estimate of drug-likeness (QED) is 0.156. The number of benzene rings is 3. The molecule has 0 unspecified atom stereocenters. The molecule has 0 aliphatic heterocycles. The molecule has 194 valence electrons. The SMILES string of the molecule is CCN(CC)CCCOc1ccc(C(=O)c2c(Cc3cccc(C(F)(F)F)c3)oc3ccccc23)cc1. The fraction of sp³-hybridized carbons (Fsp3) is 0.300. The summed E-state index contributed by atoms with van der Waals surface area (Å²) < 4.78 is 51.4. The Morgan fingerprint density at radius 3 is 2.38 bits per heavy atom. The van der Waals surface area contributed by atoms with E-state index in [1.165, 1.54) is 6.07 Å². The molecule has 0 radical (unpaired) electrons. The van der Waals surface area contributed by atoms with E-state index in [-0.39, 0.29) is 12.2 Å². The monoisotopic (exact) mass is 509 g/mol. The van der Waals surface area contributed by atoms with Crippen molar-refractivity contribution in [3.8, 4) is 5.75 Å². The number of alkyl halides is 3. The molecule has 0 aliphatic rings. The molecule has 0 bridgehead atoms. The molecule has 0 spiro atoms. The van der Waals surface area contributed by atoms with E-state index in [0.29, 0.717) is 45.8 Å². The Balaban J connectivity index is 1.54. The summed E-state index contributed by atoms with van der Waals surface area (Å²) in [6.07, 6.45) is -3.48. The summed E-state index contributed by atoms with van der Waals surface area (Å²) in [5, 5.41) is 0.631. The van der Waals surface area contributed by atoms with Gasteiger partial charge in [0.2, 0.25) is 0 Å². The summed E-state index contributed by atoms with van der Waals surface area (Å²) in [6.45, 7) is 7.82. The van der Waals surface area contributed by atoms with Gasteiger partial charge in [0.15, 0.2) is 5.78 Å². The van der Waals surface area contributed by atoms with Crippen LogP contribution in [0.1, 0.15) is 53.1 Å². The Bertz CT molecular complexity index is 1340. The fourth-order valence-electron chi connectivity index (χ4n) is 4.38. The Morgan fingerprint density at radius 1 is 0.946 bits per heavy atom. The predicted octanol–water partition coefficient (Wildman–Crippen LogP) is 7.38. The molecule has 0 atom stereocenters. The number of halogens is 3. The number of nitrogens with zero attached hydrogens (tertiary/aromatic N) is 1. The lowest BCUT2D eigenvalue weighted by atomic mass is 9.97. The topological polar surface area (TPSA) is 42.7 Å². The number of ether oxygens (including phenoxy) is 1. The molecule has 0 N–H and O–H groups in total. The van der Waals surface area contributed by atoms with Crippen molar-refractivity contribution in [1.82, 2.24) is 4.90 Å². The first-order chi connectivity index (χ1) is 17.8. The molecular weight excluding hydrogens is 479 g/mol. The maximum atomic E-state index is 13.6. The Kier molecular flexibility index (Phi) is 8.34. The minimum absolute atomic E-state index is 0.0629. The Labute approximate surface area is 214 Å². The van der Waals surface area contributed by atoms with Gasteiger partial charge in [-0.2, -0.15) is 13.2 Å². The van der Waals surface area contributed by atoms with E-state index in [1.807, 2.05) is 0 Å². The highest BCUT2D eigenvalue weighted by Gasteiger charge is 2.30. The maximum absolute atomic E-state index is 13.6. The van der Waals surface area contributed by atoms with Crippen molar-refractivity contribution in [2.75, 3.05) is 26.2 Å². The minimum Gasteiger partial charge on any atom is -0.494 e. The van der Waals surface area contributed by atoms with E-state index in [9.17, 15) is 18.0 Å². The average molecular weight is 510 g/mol. The first-order valence-corrected chi connectivity index (χ1v) is 12.5. The van der Waals surface area contributed by atoms with Gasteiger partial charge >= 0.3 is 6.18 Å². The van der Waals surface area contributed by atoms with Crippen LogP contribution >= 0.6 is 0 Å². The smallest absolute Gasteiger partial charge is 0.416 e. The lowest BCUT2D eigenvalue weighted by Gasteiger charge is -2.17. The molecule has 37 heavy (non-hydrogen) atoms. The third-order valence-corrected chi connectivity index (χ3v) is 6.41. The third-order valence-electron chi connectivity index (χ3n) is 6.41. The molecule has 0 aliphatic carbocycles. The molecule has 1 heterocycles. The van der Waals surface area contributed by atoms with E-state index in [2.05, 4.69) is 18.7 Å². The van der Waals surface area contributed by atoms with Crippen LogP contribution in [0.15, 0.2) is 77.2 Å². The van der Waals surface area contributed by atoms with Crippen LogP contribution in [0.5, 0.6) is 5.75 Å². The van der Waals surface area contributed by atoms with Crippen LogP contribution in [0.4, 0.5) is 13.2 Å². The van der Waals surface area contributed by atoms with Gasteiger partial charge in [-0.25, -0.2) is 0 Å². The van der Waals surface area contributed by atoms with E-state index in [0.717, 1.165) is 38.2 Å². The molecule has 4 nitrogen and oxygen atoms in total. The van der Waals surface area contributed by atoms with E-state index in [1.54, 1.807) is 54.6 Å². The highest BCUT2D eigenvalue weighted by atomic mass is 19.4. The van der Waals surface area contributed by atoms with Crippen LogP contribution in [-0.4, -0.2) is 36.9 Å². The number of furan rings is 1. The van der Waals surface area contributed by atoms with Crippen LogP contribution in [0.25, 0.3) is 11.0 Å². The maximum Gasteiger partial charge on any atom is 0.416 e. The Morgan fingerprint density at radius 2 is 1.68 bits per heavy atom. The summed E-state index contributed by atoms with van der Waals surface area (Å²) in [5.74, 6) is 0.764. The average Bonchev–Trinajstić information content (AvgIpc) is 3.26. The number of ketones is 1. The van der Waals surface area contributed by atoms with Gasteiger partial charge in [0, 0.05) is 23.9 Å². The first kappa shape index (κ1) is 26.5. The van der Waals surface area contributed by atoms with Gasteiger partial charge in [-0.3, -0.25) is 4.79 Å². The van der Waals surface area contributed by atoms with Crippen molar-refractivity contribution in [1.29, 1.82) is 0 Å². The molecule has 0 saturated carbocycles. The number of fused-ring (bicyclic) bond motifs is 1. The summed E-state index contributed by atoms with van der Waals surface area (Å²) in [4.78, 5) is 15.9. The summed E-state index contributed by atoms with van der Waals surface area (Å²) in [6, 6.07) is 19.2. The van der Waals surface area contributed by atoms with Gasteiger partial charge in [0.1, 0.15) is 17.1 Å². The molecular formula is C30H30F3NO3. The molecule has 4 aromatic rings. The van der Waals surface area contributed by atoms with Crippen molar-refractivity contribution >= 4 is 16.8 Å². The molecule has 0 fully saturated rings. The van der Waals surface area contributed by atoms with Crippen molar-refractivity contribution in [2.24, 2.45) is 0 Å². The van der Waals surface area contributed by atoms with Crippen LogP contribution in [-0.2, 0) is 12.6 Å². The summed E-state index contributed by atoms with van der Waals surface area (Å²) in [7, 11) is 0. The second kappa shape index (κ2) is 11.6. The highest BCUT2D eigenvalue weighted by molar-refractivity contribution is 6.16. The number of carbonyl (C=O) groups is 1. The van der Waals surface area contributed by atoms with E-state index < -0.39 is 11.7 Å². The van der Waals surface area contributed by atoms with Crippen LogP contribution in [0, 0.1) is 0 Å². The van der Waals surface area contributed by atoms with Gasteiger partial charge < -0.3 is 14.1 Å². The lowest BCUT2D eigenvalue weighted by molar-refractivity contribution is -0.137. The predicted molar refractivity (Wildman–Crippen MR) is 138 cm³/mol. The van der Waals surface area contributed by atoms with Gasteiger partial charge in [-0.15, -0.1) is 0 Å². The largest absolute Gasteiger partial charge is 0.494 e. The Hall–Kier alpha value is -3.58. The molecule has 1 aromatic heterocycles. The minimum atomic E-state index is -4.45. The molecule has 3 aromatic carbocycles. The van der Waals surface area contributed by atoms with Gasteiger partial charge in [-0.05, 0) is 61.5 Å².